The monoisotopic (exact) mass is 758 g/mol. The Morgan fingerprint density at radius 3 is 2.31 bits per heavy atom. The number of nitrogens with zero attached hydrogens (tertiary/aromatic N) is 1. The van der Waals surface area contributed by atoms with Gasteiger partial charge in [0, 0.05) is 38.2 Å². The number of aromatic hydroxyl groups is 2. The number of rotatable bonds is 17. The van der Waals surface area contributed by atoms with Crippen LogP contribution in [-0.4, -0.2) is 120 Å². The number of methoxy groups -OCH3 is 1. The molecule has 0 amide bonds. The van der Waals surface area contributed by atoms with Gasteiger partial charge in [0.25, 0.3) is 0 Å². The molecule has 1 aliphatic heterocycles. The number of carbonyl (C=O) groups excluding carboxylic acids is 1. The maximum atomic E-state index is 13.3. The molecule has 0 aromatic heterocycles. The van der Waals surface area contributed by atoms with Gasteiger partial charge in [0.1, 0.15) is 36.6 Å². The number of phenolic OH excluding ortho intramolecular Hbond substituents is 2. The molecule has 5 atom stereocenters. The molecule has 4 rings (SSSR count). The van der Waals surface area contributed by atoms with E-state index in [2.05, 4.69) is 15.6 Å². The Labute approximate surface area is 310 Å². The number of benzene rings is 3. The van der Waals surface area contributed by atoms with E-state index in [-0.39, 0.29) is 47.8 Å². The molecule has 294 valence electrons. The molecule has 0 spiro atoms. The topological polar surface area (TPSA) is 273 Å². The molecule has 1 aliphatic rings. The molecule has 54 heavy (non-hydrogen) atoms. The first-order chi connectivity index (χ1) is 25.8. The third-order valence-electron chi connectivity index (χ3n) is 8.36. The van der Waals surface area contributed by atoms with E-state index in [1.807, 2.05) is 31.2 Å². The van der Waals surface area contributed by atoms with E-state index >= 15 is 0 Å². The van der Waals surface area contributed by atoms with Crippen LogP contribution in [0.4, 0.5) is 5.69 Å². The van der Waals surface area contributed by atoms with Gasteiger partial charge in [-0.05, 0) is 24.5 Å². The molecule has 1 saturated heterocycles. The standard InChI is InChI=1S/C36H46N4O14/c1-5-18-8-7-9-19(12-18)10-11-50-32-27(41)21(14-25(49-4)29(32)43)34(48)51-16-26-28(42)30(44)31(45)35(54-26)53-24-15-22(39-6-2)20(33(46)47)13-23(24)52-17-40-36(37)38-3/h7-9,12-15,26,28,30-31,35,39,41-45H,5-6,10-11,16-17H2,1-4H3,(H,46,47)(H3,37,38,40)/t26-,28+,30-,31+,35+/m0/s1. The summed E-state index contributed by atoms with van der Waals surface area (Å²) in [5.74, 6) is -4.58. The number of aryl methyl sites for hydroxylation is 1. The predicted octanol–water partition coefficient (Wildman–Crippen LogP) is 1.33. The van der Waals surface area contributed by atoms with E-state index < -0.39 is 72.1 Å². The van der Waals surface area contributed by atoms with E-state index in [4.69, 9.17) is 34.2 Å². The molecule has 3 aromatic carbocycles. The first-order valence-corrected chi connectivity index (χ1v) is 16.9. The predicted molar refractivity (Wildman–Crippen MR) is 193 cm³/mol. The van der Waals surface area contributed by atoms with Gasteiger partial charge in [-0.3, -0.25) is 4.99 Å². The lowest BCUT2D eigenvalue weighted by Gasteiger charge is -2.40. The van der Waals surface area contributed by atoms with Gasteiger partial charge in [0.05, 0.1) is 25.0 Å². The highest BCUT2D eigenvalue weighted by atomic mass is 16.7. The Balaban J connectivity index is 1.52. The number of carboxylic acid groups (broad SMARTS) is 1. The molecular formula is C36H46N4O14. The van der Waals surface area contributed by atoms with Gasteiger partial charge >= 0.3 is 11.9 Å². The van der Waals surface area contributed by atoms with Crippen molar-refractivity contribution in [2.24, 2.45) is 10.7 Å². The fourth-order valence-corrected chi connectivity index (χ4v) is 5.40. The highest BCUT2D eigenvalue weighted by Gasteiger charge is 2.46. The summed E-state index contributed by atoms with van der Waals surface area (Å²) in [6.07, 6.45) is -7.45. The van der Waals surface area contributed by atoms with Gasteiger partial charge in [0.15, 0.2) is 35.7 Å². The second-order valence-electron chi connectivity index (χ2n) is 11.9. The number of aliphatic imine (C=N–C) groups is 1. The molecule has 1 fully saturated rings. The van der Waals surface area contributed by atoms with Crippen LogP contribution in [0.5, 0.6) is 34.5 Å². The molecule has 0 unspecified atom stereocenters. The summed E-state index contributed by atoms with van der Waals surface area (Å²) in [4.78, 5) is 29.0. The minimum Gasteiger partial charge on any atom is -0.504 e. The largest absolute Gasteiger partial charge is 0.504 e. The quantitative estimate of drug-likeness (QED) is 0.0407. The summed E-state index contributed by atoms with van der Waals surface area (Å²) in [5.41, 5.74) is 7.23. The van der Waals surface area contributed by atoms with Crippen molar-refractivity contribution in [3.8, 4) is 34.5 Å². The highest BCUT2D eigenvalue weighted by Crippen LogP contribution is 2.46. The molecule has 0 radical (unpaired) electrons. The van der Waals surface area contributed by atoms with Crippen molar-refractivity contribution in [2.45, 2.75) is 57.4 Å². The minimum absolute atomic E-state index is 0.0251. The number of anilines is 1. The number of hydrogen-bond acceptors (Lipinski definition) is 15. The van der Waals surface area contributed by atoms with Crippen LogP contribution >= 0.6 is 0 Å². The van der Waals surface area contributed by atoms with Gasteiger partial charge in [-0.2, -0.15) is 0 Å². The van der Waals surface area contributed by atoms with Gasteiger partial charge in [-0.25, -0.2) is 9.59 Å². The number of nitrogens with two attached hydrogens (primary N) is 1. The van der Waals surface area contributed by atoms with Crippen molar-refractivity contribution in [1.82, 2.24) is 5.32 Å². The Hall–Kier alpha value is -5.69. The molecule has 1 heterocycles. The zero-order valence-corrected chi connectivity index (χ0v) is 30.1. The van der Waals surface area contributed by atoms with Crippen LogP contribution in [0.2, 0.25) is 0 Å². The zero-order chi connectivity index (χ0) is 39.5. The van der Waals surface area contributed by atoms with Crippen molar-refractivity contribution in [2.75, 3.05) is 46.0 Å². The lowest BCUT2D eigenvalue weighted by atomic mass is 9.99. The third kappa shape index (κ3) is 9.84. The van der Waals surface area contributed by atoms with Crippen molar-refractivity contribution in [1.29, 1.82) is 0 Å². The van der Waals surface area contributed by atoms with Gasteiger partial charge in [0.2, 0.25) is 17.8 Å². The Kier molecular flexibility index (Phi) is 14.4. The maximum Gasteiger partial charge on any atom is 0.342 e. The summed E-state index contributed by atoms with van der Waals surface area (Å²) in [5, 5.41) is 69.2. The first-order valence-electron chi connectivity index (χ1n) is 16.9. The van der Waals surface area contributed by atoms with Crippen LogP contribution in [0.25, 0.3) is 0 Å². The third-order valence-corrected chi connectivity index (χ3v) is 8.36. The molecule has 0 saturated carbocycles. The lowest BCUT2D eigenvalue weighted by molar-refractivity contribution is -0.277. The first kappa shape index (κ1) is 41.1. The van der Waals surface area contributed by atoms with E-state index in [1.165, 1.54) is 20.2 Å². The molecule has 0 bridgehead atoms. The van der Waals surface area contributed by atoms with Crippen molar-refractivity contribution < 1.29 is 68.6 Å². The van der Waals surface area contributed by atoms with E-state index in [0.29, 0.717) is 13.0 Å². The number of aromatic carboxylic acids is 1. The maximum absolute atomic E-state index is 13.3. The van der Waals surface area contributed by atoms with Gasteiger partial charge in [-0.1, -0.05) is 31.2 Å². The lowest BCUT2D eigenvalue weighted by Crippen LogP contribution is -2.60. The summed E-state index contributed by atoms with van der Waals surface area (Å²) < 4.78 is 33.5. The molecule has 10 N–H and O–H groups in total. The summed E-state index contributed by atoms with van der Waals surface area (Å²) in [6.45, 7) is 3.12. The number of hydrogen-bond donors (Lipinski definition) is 9. The number of esters is 1. The van der Waals surface area contributed by atoms with Crippen molar-refractivity contribution in [3.05, 3.63) is 64.7 Å². The van der Waals surface area contributed by atoms with Crippen LogP contribution in [0.15, 0.2) is 47.5 Å². The fourth-order valence-electron chi connectivity index (χ4n) is 5.40. The van der Waals surface area contributed by atoms with Crippen molar-refractivity contribution >= 4 is 23.6 Å². The Morgan fingerprint density at radius 2 is 1.65 bits per heavy atom. The number of carboxylic acids is 1. The van der Waals surface area contributed by atoms with Gasteiger partial charge < -0.3 is 75.4 Å². The number of guanidine groups is 1. The minimum atomic E-state index is -1.87. The highest BCUT2D eigenvalue weighted by molar-refractivity contribution is 5.96. The van der Waals surface area contributed by atoms with E-state index in [9.17, 15) is 40.2 Å². The van der Waals surface area contributed by atoms with Crippen molar-refractivity contribution in [3.63, 3.8) is 0 Å². The number of ether oxygens (including phenoxy) is 6. The fraction of sp³-hybridized carbons (Fsp3) is 0.417. The van der Waals surface area contributed by atoms with Crippen LogP contribution < -0.4 is 35.3 Å². The second-order valence-corrected chi connectivity index (χ2v) is 11.9. The number of carbonyl (C=O) groups is 2. The molecule has 18 nitrogen and oxygen atoms in total. The summed E-state index contributed by atoms with van der Waals surface area (Å²) >= 11 is 0. The zero-order valence-electron chi connectivity index (χ0n) is 30.1. The second kappa shape index (κ2) is 18.9. The average molecular weight is 759 g/mol. The number of aliphatic hydroxyl groups excluding tert-OH is 3. The van der Waals surface area contributed by atoms with E-state index in [1.54, 1.807) is 6.92 Å². The molecule has 3 aromatic rings. The Bertz CT molecular complexity index is 1810. The number of nitrogens with one attached hydrogen (secondary N) is 2. The van der Waals surface area contributed by atoms with Crippen LogP contribution in [0.1, 0.15) is 45.7 Å². The van der Waals surface area contributed by atoms with Crippen LogP contribution in [0, 0.1) is 0 Å². The van der Waals surface area contributed by atoms with E-state index in [0.717, 1.165) is 29.7 Å². The molecular weight excluding hydrogens is 712 g/mol. The molecule has 18 heteroatoms. The number of phenols is 2. The average Bonchev–Trinajstić information content (AvgIpc) is 3.16. The normalized spacial score (nSPS) is 19.8. The Morgan fingerprint density at radius 1 is 0.926 bits per heavy atom. The van der Waals surface area contributed by atoms with Gasteiger partial charge in [-0.15, -0.1) is 0 Å². The van der Waals surface area contributed by atoms with Crippen LogP contribution in [0.3, 0.4) is 0 Å². The molecule has 0 aliphatic carbocycles. The summed E-state index contributed by atoms with van der Waals surface area (Å²) in [6, 6.07) is 11.3. The SMILES string of the molecule is CCNc1cc(O[C@@H]2O[C@@H](COC(=O)c3cc(OC)c(O)c(OCCc4cccc(CC)c4)c3O)[C@@H](O)[C@H](O)[C@H]2O)c(OCNC(N)=NC)cc1C(=O)O. The number of aliphatic hydroxyl groups is 3. The summed E-state index contributed by atoms with van der Waals surface area (Å²) in [7, 11) is 2.67. The van der Waals surface area contributed by atoms with Crippen LogP contribution in [-0.2, 0) is 22.3 Å². The smallest absolute Gasteiger partial charge is 0.342 e.